The molecule has 3 heteroatoms. The van der Waals surface area contributed by atoms with Crippen LogP contribution in [0.15, 0.2) is 29.3 Å². The van der Waals surface area contributed by atoms with Crippen LogP contribution in [0.2, 0.25) is 0 Å². The third-order valence-corrected chi connectivity index (χ3v) is 2.43. The lowest BCUT2D eigenvalue weighted by Crippen LogP contribution is -2.33. The molecule has 15 heavy (non-hydrogen) atoms. The number of amides is 1. The van der Waals surface area contributed by atoms with Crippen LogP contribution in [0.4, 0.5) is 5.69 Å². The summed E-state index contributed by atoms with van der Waals surface area (Å²) in [6, 6.07) is 7.87. The summed E-state index contributed by atoms with van der Waals surface area (Å²) in [5, 5.41) is 0. The van der Waals surface area contributed by atoms with Crippen LogP contribution in [0.3, 0.4) is 0 Å². The molecule has 1 aliphatic heterocycles. The number of hydrogen-bond donors (Lipinski definition) is 0. The van der Waals surface area contributed by atoms with E-state index in [9.17, 15) is 4.79 Å². The van der Waals surface area contributed by atoms with Gasteiger partial charge >= 0.3 is 0 Å². The smallest absolute Gasteiger partial charge is 0.248 e. The zero-order valence-corrected chi connectivity index (χ0v) is 8.81. The standard InChI is InChI=1S/C12H14N2O/c1-2-7-14-11-6-4-3-5-10(11)8-13-9-12(14)15/h3-6,8H,2,7,9H2,1H3. The summed E-state index contributed by atoms with van der Waals surface area (Å²) < 4.78 is 0. The number of aliphatic imine (C=N–C) groups is 1. The largest absolute Gasteiger partial charge is 0.310 e. The SMILES string of the molecule is CCCN1C(=O)CN=Cc2ccccc21. The fraction of sp³-hybridized carbons (Fsp3) is 0.333. The second-order valence-corrected chi connectivity index (χ2v) is 3.57. The molecule has 1 aliphatic rings. The number of carbonyl (C=O) groups excluding carboxylic acids is 1. The minimum atomic E-state index is 0.0815. The highest BCUT2D eigenvalue weighted by atomic mass is 16.2. The van der Waals surface area contributed by atoms with Gasteiger partial charge in [-0.1, -0.05) is 25.1 Å². The van der Waals surface area contributed by atoms with Gasteiger partial charge in [0.15, 0.2) is 0 Å². The van der Waals surface area contributed by atoms with Crippen molar-refractivity contribution in [2.24, 2.45) is 4.99 Å². The number of benzene rings is 1. The Morgan fingerprint density at radius 3 is 3.00 bits per heavy atom. The molecule has 78 valence electrons. The van der Waals surface area contributed by atoms with Crippen molar-refractivity contribution in [1.82, 2.24) is 0 Å². The number of para-hydroxylation sites is 1. The van der Waals surface area contributed by atoms with Crippen LogP contribution in [0.1, 0.15) is 18.9 Å². The van der Waals surface area contributed by atoms with Crippen molar-refractivity contribution in [2.75, 3.05) is 18.0 Å². The molecule has 2 rings (SSSR count). The Balaban J connectivity index is 2.43. The number of carbonyl (C=O) groups is 1. The highest BCUT2D eigenvalue weighted by Crippen LogP contribution is 2.21. The summed E-state index contributed by atoms with van der Waals surface area (Å²) in [6.45, 7) is 3.09. The second-order valence-electron chi connectivity index (χ2n) is 3.57. The van der Waals surface area contributed by atoms with E-state index in [0.29, 0.717) is 0 Å². The van der Waals surface area contributed by atoms with Crippen molar-refractivity contribution in [1.29, 1.82) is 0 Å². The Bertz CT molecular complexity index is 398. The van der Waals surface area contributed by atoms with Gasteiger partial charge in [0, 0.05) is 18.3 Å². The topological polar surface area (TPSA) is 32.7 Å². The van der Waals surface area contributed by atoms with Gasteiger partial charge < -0.3 is 4.90 Å². The zero-order chi connectivity index (χ0) is 10.7. The van der Waals surface area contributed by atoms with Gasteiger partial charge in [0.25, 0.3) is 0 Å². The van der Waals surface area contributed by atoms with E-state index in [-0.39, 0.29) is 12.5 Å². The van der Waals surface area contributed by atoms with Gasteiger partial charge in [-0.2, -0.15) is 0 Å². The molecule has 0 aromatic heterocycles. The Labute approximate surface area is 89.4 Å². The van der Waals surface area contributed by atoms with Crippen LogP contribution < -0.4 is 4.90 Å². The summed E-state index contributed by atoms with van der Waals surface area (Å²) in [4.78, 5) is 17.7. The van der Waals surface area contributed by atoms with E-state index in [1.165, 1.54) is 0 Å². The Kier molecular flexibility index (Phi) is 2.81. The molecule has 0 fully saturated rings. The molecule has 1 amide bonds. The predicted molar refractivity (Wildman–Crippen MR) is 61.5 cm³/mol. The fourth-order valence-corrected chi connectivity index (χ4v) is 1.75. The maximum atomic E-state index is 11.8. The van der Waals surface area contributed by atoms with Gasteiger partial charge in [-0.25, -0.2) is 0 Å². The van der Waals surface area contributed by atoms with Crippen LogP contribution in [0.5, 0.6) is 0 Å². The summed E-state index contributed by atoms with van der Waals surface area (Å²) in [6.07, 6.45) is 2.74. The van der Waals surface area contributed by atoms with Gasteiger partial charge in [0.2, 0.25) is 5.91 Å². The molecular formula is C12H14N2O. The van der Waals surface area contributed by atoms with Crippen LogP contribution in [-0.2, 0) is 4.79 Å². The minimum Gasteiger partial charge on any atom is -0.310 e. The lowest BCUT2D eigenvalue weighted by Gasteiger charge is -2.21. The fourth-order valence-electron chi connectivity index (χ4n) is 1.75. The van der Waals surface area contributed by atoms with Crippen molar-refractivity contribution >= 4 is 17.8 Å². The Hall–Kier alpha value is -1.64. The van der Waals surface area contributed by atoms with Crippen molar-refractivity contribution in [3.8, 4) is 0 Å². The first kappa shape index (κ1) is 9.90. The van der Waals surface area contributed by atoms with E-state index in [2.05, 4.69) is 11.9 Å². The molecule has 1 heterocycles. The van der Waals surface area contributed by atoms with E-state index < -0.39 is 0 Å². The van der Waals surface area contributed by atoms with E-state index in [1.807, 2.05) is 29.2 Å². The average Bonchev–Trinajstić information content (AvgIpc) is 2.40. The molecular weight excluding hydrogens is 188 g/mol. The van der Waals surface area contributed by atoms with Crippen molar-refractivity contribution in [3.05, 3.63) is 29.8 Å². The molecule has 0 bridgehead atoms. The quantitative estimate of drug-likeness (QED) is 0.720. The van der Waals surface area contributed by atoms with E-state index in [0.717, 1.165) is 24.2 Å². The average molecular weight is 202 g/mol. The van der Waals surface area contributed by atoms with Crippen molar-refractivity contribution < 1.29 is 4.79 Å². The minimum absolute atomic E-state index is 0.0815. The number of fused-ring (bicyclic) bond motifs is 1. The third-order valence-electron chi connectivity index (χ3n) is 2.43. The van der Waals surface area contributed by atoms with Gasteiger partial charge in [0.1, 0.15) is 6.54 Å². The lowest BCUT2D eigenvalue weighted by molar-refractivity contribution is -0.117. The molecule has 3 nitrogen and oxygen atoms in total. The number of hydrogen-bond acceptors (Lipinski definition) is 2. The maximum absolute atomic E-state index is 11.8. The number of rotatable bonds is 2. The zero-order valence-electron chi connectivity index (χ0n) is 8.81. The number of nitrogens with zero attached hydrogens (tertiary/aromatic N) is 2. The Morgan fingerprint density at radius 2 is 2.20 bits per heavy atom. The first-order valence-electron chi connectivity index (χ1n) is 5.22. The molecule has 0 saturated heterocycles. The number of anilines is 1. The van der Waals surface area contributed by atoms with E-state index in [1.54, 1.807) is 6.21 Å². The highest BCUT2D eigenvalue weighted by Gasteiger charge is 2.18. The normalized spacial score (nSPS) is 15.0. The predicted octanol–water partition coefficient (Wildman–Crippen LogP) is 1.86. The molecule has 0 aliphatic carbocycles. The molecule has 0 unspecified atom stereocenters. The molecule has 0 spiro atoms. The van der Waals surface area contributed by atoms with E-state index in [4.69, 9.17) is 0 Å². The summed E-state index contributed by atoms with van der Waals surface area (Å²) in [7, 11) is 0. The highest BCUT2D eigenvalue weighted by molar-refractivity contribution is 6.03. The van der Waals surface area contributed by atoms with Gasteiger partial charge in [-0.05, 0) is 12.5 Å². The van der Waals surface area contributed by atoms with E-state index >= 15 is 0 Å². The van der Waals surface area contributed by atoms with Gasteiger partial charge in [-0.3, -0.25) is 9.79 Å². The summed E-state index contributed by atoms with van der Waals surface area (Å²) in [5.74, 6) is 0.0815. The second kappa shape index (κ2) is 4.26. The first-order chi connectivity index (χ1) is 7.33. The summed E-state index contributed by atoms with van der Waals surface area (Å²) in [5.41, 5.74) is 2.00. The molecule has 0 saturated carbocycles. The van der Waals surface area contributed by atoms with Gasteiger partial charge in [-0.15, -0.1) is 0 Å². The van der Waals surface area contributed by atoms with Crippen LogP contribution >= 0.6 is 0 Å². The molecule has 1 aromatic rings. The van der Waals surface area contributed by atoms with Crippen molar-refractivity contribution in [2.45, 2.75) is 13.3 Å². The summed E-state index contributed by atoms with van der Waals surface area (Å²) >= 11 is 0. The monoisotopic (exact) mass is 202 g/mol. The maximum Gasteiger partial charge on any atom is 0.248 e. The number of benzodiazepines with no additional fused rings is 1. The third kappa shape index (κ3) is 1.91. The van der Waals surface area contributed by atoms with Crippen LogP contribution in [0.25, 0.3) is 0 Å². The van der Waals surface area contributed by atoms with Crippen molar-refractivity contribution in [3.63, 3.8) is 0 Å². The first-order valence-corrected chi connectivity index (χ1v) is 5.22. The van der Waals surface area contributed by atoms with Crippen LogP contribution in [0, 0.1) is 0 Å². The molecule has 0 radical (unpaired) electrons. The lowest BCUT2D eigenvalue weighted by atomic mass is 10.1. The molecule has 0 N–H and O–H groups in total. The van der Waals surface area contributed by atoms with Gasteiger partial charge in [0.05, 0.1) is 5.69 Å². The molecule has 0 atom stereocenters. The Morgan fingerprint density at radius 1 is 1.40 bits per heavy atom. The molecule has 1 aromatic carbocycles. The van der Waals surface area contributed by atoms with Crippen LogP contribution in [-0.4, -0.2) is 25.2 Å².